The Balaban J connectivity index is 1.67. The van der Waals surface area contributed by atoms with Crippen LogP contribution in [0, 0.1) is 0 Å². The molecule has 1 aliphatic heterocycles. The maximum Gasteiger partial charge on any atom is 0.241 e. The van der Waals surface area contributed by atoms with Crippen LogP contribution in [0.25, 0.3) is 11.4 Å². The molecule has 24 heavy (non-hydrogen) atoms. The number of methoxy groups -OCH3 is 2. The minimum atomic E-state index is 0.568. The molecule has 1 aromatic heterocycles. The molecule has 1 saturated heterocycles. The van der Waals surface area contributed by atoms with Gasteiger partial charge in [-0.25, -0.2) is 0 Å². The fraction of sp³-hybridized carbons (Fsp3) is 0.529. The fourth-order valence-electron chi connectivity index (χ4n) is 2.87. The Kier molecular flexibility index (Phi) is 5.32. The smallest absolute Gasteiger partial charge is 0.241 e. The topological polar surface area (TPSA) is 63.9 Å². The summed E-state index contributed by atoms with van der Waals surface area (Å²) in [4.78, 5) is 9.30. The van der Waals surface area contributed by atoms with E-state index >= 15 is 0 Å². The minimum Gasteiger partial charge on any atom is -0.493 e. The summed E-state index contributed by atoms with van der Waals surface area (Å²) in [6.45, 7) is 8.24. The quantitative estimate of drug-likeness (QED) is 0.800. The summed E-state index contributed by atoms with van der Waals surface area (Å²) in [5, 5.41) is 4.09. The van der Waals surface area contributed by atoms with E-state index in [1.165, 1.54) is 0 Å². The van der Waals surface area contributed by atoms with E-state index in [9.17, 15) is 0 Å². The number of piperazine rings is 1. The molecule has 7 nitrogen and oxygen atoms in total. The van der Waals surface area contributed by atoms with Crippen molar-refractivity contribution in [3.63, 3.8) is 0 Å². The van der Waals surface area contributed by atoms with Gasteiger partial charge in [0.05, 0.1) is 20.8 Å². The van der Waals surface area contributed by atoms with Crippen LogP contribution in [0.3, 0.4) is 0 Å². The molecule has 0 spiro atoms. The van der Waals surface area contributed by atoms with Gasteiger partial charge in [-0.15, -0.1) is 0 Å². The summed E-state index contributed by atoms with van der Waals surface area (Å²) in [6.07, 6.45) is 0. The predicted molar refractivity (Wildman–Crippen MR) is 90.2 cm³/mol. The van der Waals surface area contributed by atoms with Crippen LogP contribution in [0.1, 0.15) is 12.8 Å². The molecule has 0 atom stereocenters. The molecule has 130 valence electrons. The average molecular weight is 332 g/mol. The van der Waals surface area contributed by atoms with Gasteiger partial charge in [-0.3, -0.25) is 4.90 Å². The first-order chi connectivity index (χ1) is 11.7. The van der Waals surface area contributed by atoms with Crippen LogP contribution in [0.15, 0.2) is 22.7 Å². The third-order valence-electron chi connectivity index (χ3n) is 4.38. The second-order valence-electron chi connectivity index (χ2n) is 5.79. The van der Waals surface area contributed by atoms with E-state index in [1.54, 1.807) is 14.2 Å². The van der Waals surface area contributed by atoms with E-state index in [2.05, 4.69) is 26.9 Å². The fourth-order valence-corrected chi connectivity index (χ4v) is 2.87. The van der Waals surface area contributed by atoms with E-state index in [-0.39, 0.29) is 0 Å². The van der Waals surface area contributed by atoms with Gasteiger partial charge < -0.3 is 18.9 Å². The molecule has 0 unspecified atom stereocenters. The predicted octanol–water partition coefficient (Wildman–Crippen LogP) is 1.89. The third-order valence-corrected chi connectivity index (χ3v) is 4.38. The van der Waals surface area contributed by atoms with E-state index in [0.29, 0.717) is 29.8 Å². The molecule has 2 heterocycles. The lowest BCUT2D eigenvalue weighted by Gasteiger charge is -2.33. The van der Waals surface area contributed by atoms with Crippen molar-refractivity contribution in [1.82, 2.24) is 19.9 Å². The molecule has 0 amide bonds. The summed E-state index contributed by atoms with van der Waals surface area (Å²) in [5.74, 6) is 2.54. The molecule has 1 aliphatic rings. The van der Waals surface area contributed by atoms with Gasteiger partial charge in [-0.2, -0.15) is 4.98 Å². The Hall–Kier alpha value is -2.12. The first kappa shape index (κ1) is 16.7. The average Bonchev–Trinajstić information content (AvgIpc) is 3.10. The normalized spacial score (nSPS) is 16.3. The zero-order valence-corrected chi connectivity index (χ0v) is 14.5. The first-order valence-corrected chi connectivity index (χ1v) is 8.23. The lowest BCUT2D eigenvalue weighted by molar-refractivity contribution is 0.121. The zero-order valence-electron chi connectivity index (χ0n) is 14.5. The third kappa shape index (κ3) is 3.68. The van der Waals surface area contributed by atoms with Gasteiger partial charge in [-0.1, -0.05) is 12.1 Å². The van der Waals surface area contributed by atoms with Crippen molar-refractivity contribution in [2.75, 3.05) is 46.9 Å². The van der Waals surface area contributed by atoms with Gasteiger partial charge in [0.2, 0.25) is 11.7 Å². The maximum absolute atomic E-state index is 5.42. The zero-order chi connectivity index (χ0) is 16.9. The minimum absolute atomic E-state index is 0.568. The van der Waals surface area contributed by atoms with Crippen molar-refractivity contribution in [2.45, 2.75) is 13.5 Å². The highest BCUT2D eigenvalue weighted by molar-refractivity contribution is 5.60. The van der Waals surface area contributed by atoms with Crippen molar-refractivity contribution in [2.24, 2.45) is 0 Å². The summed E-state index contributed by atoms with van der Waals surface area (Å²) < 4.78 is 16.0. The van der Waals surface area contributed by atoms with Gasteiger partial charge in [0.25, 0.3) is 0 Å². The van der Waals surface area contributed by atoms with Crippen LogP contribution in [0.2, 0.25) is 0 Å². The van der Waals surface area contributed by atoms with Crippen LogP contribution in [0.5, 0.6) is 11.5 Å². The summed E-state index contributed by atoms with van der Waals surface area (Å²) in [7, 11) is 3.22. The van der Waals surface area contributed by atoms with Gasteiger partial charge >= 0.3 is 0 Å². The molecule has 0 radical (unpaired) electrons. The monoisotopic (exact) mass is 332 g/mol. The highest BCUT2D eigenvalue weighted by atomic mass is 16.5. The molecular weight excluding hydrogens is 308 g/mol. The number of rotatable bonds is 6. The van der Waals surface area contributed by atoms with Crippen LogP contribution in [-0.2, 0) is 6.54 Å². The number of benzene rings is 1. The van der Waals surface area contributed by atoms with E-state index in [0.717, 1.165) is 38.3 Å². The molecule has 1 fully saturated rings. The molecule has 0 bridgehead atoms. The van der Waals surface area contributed by atoms with E-state index in [4.69, 9.17) is 14.0 Å². The van der Waals surface area contributed by atoms with Crippen molar-refractivity contribution in [1.29, 1.82) is 0 Å². The van der Waals surface area contributed by atoms with Gasteiger partial charge in [-0.05, 0) is 24.7 Å². The van der Waals surface area contributed by atoms with E-state index < -0.39 is 0 Å². The Bertz CT molecular complexity index is 666. The molecule has 0 aliphatic carbocycles. The Morgan fingerprint density at radius 3 is 2.42 bits per heavy atom. The number of hydrogen-bond acceptors (Lipinski definition) is 7. The number of hydrogen-bond donors (Lipinski definition) is 0. The largest absolute Gasteiger partial charge is 0.493 e. The number of aromatic nitrogens is 2. The van der Waals surface area contributed by atoms with Crippen LogP contribution in [-0.4, -0.2) is 66.9 Å². The Morgan fingerprint density at radius 2 is 1.75 bits per heavy atom. The van der Waals surface area contributed by atoms with Crippen LogP contribution in [0.4, 0.5) is 0 Å². The van der Waals surface area contributed by atoms with Crippen molar-refractivity contribution >= 4 is 0 Å². The second-order valence-corrected chi connectivity index (χ2v) is 5.79. The van der Waals surface area contributed by atoms with Crippen LogP contribution < -0.4 is 9.47 Å². The van der Waals surface area contributed by atoms with Crippen LogP contribution >= 0.6 is 0 Å². The number of ether oxygens (including phenoxy) is 2. The SMILES string of the molecule is CCN1CCN(Cc2nc(-c3ccc(OC)c(OC)c3)no2)CC1. The molecule has 7 heteroatoms. The van der Waals surface area contributed by atoms with E-state index in [1.807, 2.05) is 18.2 Å². The molecule has 1 aromatic carbocycles. The molecule has 0 saturated carbocycles. The Labute approximate surface area is 142 Å². The van der Waals surface area contributed by atoms with Gasteiger partial charge in [0, 0.05) is 31.7 Å². The standard InChI is InChI=1S/C17H24N4O3/c1-4-20-7-9-21(10-8-20)12-16-18-17(19-24-16)13-5-6-14(22-2)15(11-13)23-3/h5-6,11H,4,7-10,12H2,1-3H3. The van der Waals surface area contributed by atoms with Crippen molar-refractivity contribution in [3.8, 4) is 22.9 Å². The molecule has 2 aromatic rings. The summed E-state index contributed by atoms with van der Waals surface area (Å²) in [6, 6.07) is 5.59. The lowest BCUT2D eigenvalue weighted by atomic mass is 10.2. The highest BCUT2D eigenvalue weighted by Gasteiger charge is 2.19. The number of likely N-dealkylation sites (N-methyl/N-ethyl adjacent to an activating group) is 1. The van der Waals surface area contributed by atoms with Gasteiger partial charge in [0.1, 0.15) is 0 Å². The number of nitrogens with zero attached hydrogens (tertiary/aromatic N) is 4. The second kappa shape index (κ2) is 7.63. The first-order valence-electron chi connectivity index (χ1n) is 8.23. The molecule has 0 N–H and O–H groups in total. The molecular formula is C17H24N4O3. The summed E-state index contributed by atoms with van der Waals surface area (Å²) >= 11 is 0. The Morgan fingerprint density at radius 1 is 1.04 bits per heavy atom. The maximum atomic E-state index is 5.42. The summed E-state index contributed by atoms with van der Waals surface area (Å²) in [5.41, 5.74) is 0.846. The van der Waals surface area contributed by atoms with Gasteiger partial charge in [0.15, 0.2) is 11.5 Å². The lowest BCUT2D eigenvalue weighted by Crippen LogP contribution is -2.45. The van der Waals surface area contributed by atoms with Crippen molar-refractivity contribution in [3.05, 3.63) is 24.1 Å². The van der Waals surface area contributed by atoms with Crippen molar-refractivity contribution < 1.29 is 14.0 Å². The highest BCUT2D eigenvalue weighted by Crippen LogP contribution is 2.31. The molecule has 3 rings (SSSR count).